The van der Waals surface area contributed by atoms with Crippen LogP contribution in [0.4, 0.5) is 0 Å². The zero-order valence-corrected chi connectivity index (χ0v) is 14.8. The monoisotopic (exact) mass is 341 g/mol. The fourth-order valence-corrected chi connectivity index (χ4v) is 4.21. The van der Waals surface area contributed by atoms with Gasteiger partial charge in [-0.2, -0.15) is 0 Å². The molecule has 126 valence electrons. The molecule has 21 heavy (non-hydrogen) atoms. The normalized spacial score (nSPS) is 21.0. The van der Waals surface area contributed by atoms with Crippen molar-refractivity contribution in [3.05, 3.63) is 0 Å². The molecule has 0 radical (unpaired) electrons. The minimum atomic E-state index is -3.52. The third kappa shape index (κ3) is 5.39. The van der Waals surface area contributed by atoms with Crippen molar-refractivity contribution < 1.29 is 13.2 Å². The van der Waals surface area contributed by atoms with Crippen molar-refractivity contribution in [3.8, 4) is 0 Å². The summed E-state index contributed by atoms with van der Waals surface area (Å²) in [5.41, 5.74) is 5.92. The average Bonchev–Trinajstić information content (AvgIpc) is 2.39. The van der Waals surface area contributed by atoms with E-state index in [-0.39, 0.29) is 30.4 Å². The van der Waals surface area contributed by atoms with Gasteiger partial charge in [0.1, 0.15) is 5.75 Å². The molecule has 6 nitrogen and oxygen atoms in total. The highest BCUT2D eigenvalue weighted by atomic mass is 35.5. The molecule has 0 aliphatic carbocycles. The van der Waals surface area contributed by atoms with Crippen LogP contribution in [0.1, 0.15) is 40.0 Å². The van der Waals surface area contributed by atoms with E-state index in [9.17, 15) is 13.2 Å². The lowest BCUT2D eigenvalue weighted by molar-refractivity contribution is -0.132. The molecule has 0 aromatic heterocycles. The fourth-order valence-electron chi connectivity index (χ4n) is 2.76. The van der Waals surface area contributed by atoms with Crippen molar-refractivity contribution in [1.82, 2.24) is 9.21 Å². The second-order valence-electron chi connectivity index (χ2n) is 5.35. The summed E-state index contributed by atoms with van der Waals surface area (Å²) < 4.78 is 25.7. The lowest BCUT2D eigenvalue weighted by atomic mass is 9.97. The molecule has 8 heteroatoms. The van der Waals surface area contributed by atoms with Crippen LogP contribution in [-0.4, -0.2) is 61.0 Å². The second-order valence-corrected chi connectivity index (χ2v) is 7.32. The van der Waals surface area contributed by atoms with Crippen LogP contribution in [0.15, 0.2) is 0 Å². The largest absolute Gasteiger partial charge is 0.337 e. The number of rotatable bonds is 6. The topological polar surface area (TPSA) is 83.7 Å². The Labute approximate surface area is 134 Å². The number of piperidine rings is 1. The molecule has 1 heterocycles. The van der Waals surface area contributed by atoms with Gasteiger partial charge >= 0.3 is 0 Å². The fraction of sp³-hybridized carbons (Fsp3) is 0.923. The van der Waals surface area contributed by atoms with Gasteiger partial charge in [0, 0.05) is 31.7 Å². The van der Waals surface area contributed by atoms with E-state index in [1.807, 2.05) is 6.92 Å². The molecule has 1 rings (SSSR count). The summed E-state index contributed by atoms with van der Waals surface area (Å²) in [6.45, 7) is 6.81. The van der Waals surface area contributed by atoms with E-state index in [0.29, 0.717) is 19.6 Å². The SMILES string of the molecule is CCN(CC)S(=O)(=O)CC(=O)N1CCCCC1C(C)N.Cl. The van der Waals surface area contributed by atoms with Crippen LogP contribution in [0.25, 0.3) is 0 Å². The number of nitrogens with two attached hydrogens (primary N) is 1. The number of amides is 1. The summed E-state index contributed by atoms with van der Waals surface area (Å²) in [6.07, 6.45) is 2.81. The number of carbonyl (C=O) groups excluding carboxylic acids is 1. The molecule has 0 aromatic rings. The Morgan fingerprint density at radius 2 is 1.90 bits per heavy atom. The summed E-state index contributed by atoms with van der Waals surface area (Å²) >= 11 is 0. The molecule has 2 unspecified atom stereocenters. The molecule has 1 fully saturated rings. The zero-order chi connectivity index (χ0) is 15.3. The molecule has 1 saturated heterocycles. The van der Waals surface area contributed by atoms with E-state index in [0.717, 1.165) is 19.3 Å². The van der Waals surface area contributed by atoms with E-state index in [4.69, 9.17) is 5.73 Å². The number of sulfonamides is 1. The van der Waals surface area contributed by atoms with Gasteiger partial charge in [0.05, 0.1) is 0 Å². The van der Waals surface area contributed by atoms with E-state index >= 15 is 0 Å². The third-order valence-electron chi connectivity index (χ3n) is 3.88. The van der Waals surface area contributed by atoms with E-state index in [1.165, 1.54) is 4.31 Å². The maximum Gasteiger partial charge on any atom is 0.239 e. The summed E-state index contributed by atoms with van der Waals surface area (Å²) in [5, 5.41) is 0. The van der Waals surface area contributed by atoms with Crippen molar-refractivity contribution in [2.45, 2.75) is 52.1 Å². The number of nitrogens with zero attached hydrogens (tertiary/aromatic N) is 2. The maximum atomic E-state index is 12.3. The van der Waals surface area contributed by atoms with E-state index in [2.05, 4.69) is 0 Å². The van der Waals surface area contributed by atoms with Gasteiger partial charge in [-0.05, 0) is 26.2 Å². The van der Waals surface area contributed by atoms with Gasteiger partial charge in [-0.3, -0.25) is 4.79 Å². The lowest BCUT2D eigenvalue weighted by Gasteiger charge is -2.38. The van der Waals surface area contributed by atoms with Gasteiger partial charge in [-0.1, -0.05) is 13.8 Å². The molecule has 1 aliphatic heterocycles. The Hall–Kier alpha value is -0.370. The first kappa shape index (κ1) is 20.6. The number of hydrogen-bond donors (Lipinski definition) is 1. The molecule has 0 bridgehead atoms. The van der Waals surface area contributed by atoms with Gasteiger partial charge in [0.25, 0.3) is 0 Å². The van der Waals surface area contributed by atoms with Gasteiger partial charge in [0.15, 0.2) is 0 Å². The van der Waals surface area contributed by atoms with Crippen molar-refractivity contribution in [2.24, 2.45) is 5.73 Å². The van der Waals surface area contributed by atoms with Crippen LogP contribution in [0.5, 0.6) is 0 Å². The minimum Gasteiger partial charge on any atom is -0.337 e. The molecule has 0 spiro atoms. The van der Waals surface area contributed by atoms with Gasteiger partial charge in [-0.15, -0.1) is 12.4 Å². The predicted molar refractivity (Wildman–Crippen MR) is 87.0 cm³/mol. The highest BCUT2D eigenvalue weighted by Crippen LogP contribution is 2.20. The van der Waals surface area contributed by atoms with Crippen molar-refractivity contribution in [1.29, 1.82) is 0 Å². The van der Waals surface area contributed by atoms with E-state index < -0.39 is 15.8 Å². The number of carbonyl (C=O) groups is 1. The number of halogens is 1. The molecular formula is C13H28ClN3O3S. The van der Waals surface area contributed by atoms with Gasteiger partial charge < -0.3 is 10.6 Å². The first-order chi connectivity index (χ1) is 9.33. The first-order valence-corrected chi connectivity index (χ1v) is 8.97. The number of likely N-dealkylation sites (tertiary alicyclic amines) is 1. The first-order valence-electron chi connectivity index (χ1n) is 7.36. The Morgan fingerprint density at radius 3 is 2.38 bits per heavy atom. The maximum absolute atomic E-state index is 12.3. The number of hydrogen-bond acceptors (Lipinski definition) is 4. The molecular weight excluding hydrogens is 314 g/mol. The highest BCUT2D eigenvalue weighted by Gasteiger charge is 2.32. The quantitative estimate of drug-likeness (QED) is 0.774. The molecule has 1 amide bonds. The highest BCUT2D eigenvalue weighted by molar-refractivity contribution is 7.89. The van der Waals surface area contributed by atoms with Crippen LogP contribution >= 0.6 is 12.4 Å². The minimum absolute atomic E-state index is 0. The third-order valence-corrected chi connectivity index (χ3v) is 5.80. The Balaban J connectivity index is 0.00000400. The van der Waals surface area contributed by atoms with Crippen LogP contribution in [-0.2, 0) is 14.8 Å². The summed E-state index contributed by atoms with van der Waals surface area (Å²) in [4.78, 5) is 14.0. The average molecular weight is 342 g/mol. The molecule has 2 N–H and O–H groups in total. The predicted octanol–water partition coefficient (Wildman–Crippen LogP) is 0.808. The molecule has 0 saturated carbocycles. The van der Waals surface area contributed by atoms with Crippen LogP contribution in [0.2, 0.25) is 0 Å². The van der Waals surface area contributed by atoms with Crippen LogP contribution < -0.4 is 5.73 Å². The zero-order valence-electron chi connectivity index (χ0n) is 13.1. The van der Waals surface area contributed by atoms with E-state index in [1.54, 1.807) is 18.7 Å². The summed E-state index contributed by atoms with van der Waals surface area (Å²) in [6, 6.07) is -0.168. The lowest BCUT2D eigenvalue weighted by Crippen LogP contribution is -2.53. The molecule has 2 atom stereocenters. The van der Waals surface area contributed by atoms with Crippen LogP contribution in [0.3, 0.4) is 0 Å². The molecule has 0 aromatic carbocycles. The molecule has 1 aliphatic rings. The standard InChI is InChI=1S/C13H27N3O3S.ClH/c1-4-15(5-2)20(18,19)10-13(17)16-9-7-6-8-12(16)11(3)14;/h11-12H,4-10,14H2,1-3H3;1H. The van der Waals surface area contributed by atoms with Crippen molar-refractivity contribution in [2.75, 3.05) is 25.4 Å². The summed E-state index contributed by atoms with van der Waals surface area (Å²) in [5.74, 6) is -0.767. The van der Waals surface area contributed by atoms with Gasteiger partial charge in [0.2, 0.25) is 15.9 Å². The van der Waals surface area contributed by atoms with Crippen molar-refractivity contribution in [3.63, 3.8) is 0 Å². The van der Waals surface area contributed by atoms with Crippen molar-refractivity contribution >= 4 is 28.3 Å². The summed E-state index contributed by atoms with van der Waals surface area (Å²) in [7, 11) is -3.52. The Morgan fingerprint density at radius 1 is 1.33 bits per heavy atom. The van der Waals surface area contributed by atoms with Gasteiger partial charge in [-0.25, -0.2) is 12.7 Å². The Kier molecular flexibility index (Phi) is 8.77. The van der Waals surface area contributed by atoms with Crippen LogP contribution in [0, 0.1) is 0 Å². The smallest absolute Gasteiger partial charge is 0.239 e. The Bertz CT molecular complexity index is 424. The second kappa shape index (κ2) is 8.92.